The number of aliphatic hydroxyl groups excluding tert-OH is 11. The second-order valence-electron chi connectivity index (χ2n) is 23.6. The van der Waals surface area contributed by atoms with Crippen LogP contribution in [0.1, 0.15) is 239 Å². The first-order chi connectivity index (χ1) is 39.8. The molecule has 1 amide bonds. The Morgan fingerprint density at radius 1 is 0.427 bits per heavy atom. The third kappa shape index (κ3) is 29.3. The van der Waals surface area contributed by atoms with Gasteiger partial charge in [0.05, 0.1) is 38.6 Å². The number of aliphatic hydroxyl groups is 11. The minimum atomic E-state index is -1.98. The maximum absolute atomic E-state index is 13.2. The van der Waals surface area contributed by atoms with Crippen LogP contribution in [-0.4, -0.2) is 193 Å². The molecule has 19 heteroatoms. The normalized spacial score (nSPS) is 29.7. The van der Waals surface area contributed by atoms with Gasteiger partial charge in [0.2, 0.25) is 5.91 Å². The average molecular weight is 1180 g/mol. The molecule has 0 aromatic rings. The molecule has 0 spiro atoms. The van der Waals surface area contributed by atoms with Gasteiger partial charge in [-0.25, -0.2) is 0 Å². The predicted octanol–water partition coefficient (Wildman–Crippen LogP) is 7.10. The van der Waals surface area contributed by atoms with E-state index in [-0.39, 0.29) is 18.9 Å². The van der Waals surface area contributed by atoms with Crippen LogP contribution < -0.4 is 5.32 Å². The smallest absolute Gasteiger partial charge is 0.220 e. The van der Waals surface area contributed by atoms with E-state index in [0.717, 1.165) is 44.9 Å². The summed E-state index contributed by atoms with van der Waals surface area (Å²) in [5, 5.41) is 120. The van der Waals surface area contributed by atoms with Gasteiger partial charge in [-0.3, -0.25) is 4.79 Å². The van der Waals surface area contributed by atoms with Crippen molar-refractivity contribution >= 4 is 5.91 Å². The predicted molar refractivity (Wildman–Crippen MR) is 314 cm³/mol. The molecule has 17 atom stereocenters. The van der Waals surface area contributed by atoms with Crippen molar-refractivity contribution in [2.45, 2.75) is 343 Å². The molecule has 19 nitrogen and oxygen atoms in total. The van der Waals surface area contributed by atoms with E-state index < -0.39 is 124 Å². The number of rotatable bonds is 49. The summed E-state index contributed by atoms with van der Waals surface area (Å²) in [6.45, 7) is 1.67. The molecule has 482 valence electrons. The van der Waals surface area contributed by atoms with Crippen LogP contribution in [0.15, 0.2) is 24.3 Å². The van der Waals surface area contributed by atoms with Crippen molar-refractivity contribution in [3.05, 3.63) is 24.3 Å². The highest BCUT2D eigenvalue weighted by molar-refractivity contribution is 5.76. The third-order valence-corrected chi connectivity index (χ3v) is 16.5. The van der Waals surface area contributed by atoms with Gasteiger partial charge in [-0.15, -0.1) is 0 Å². The Morgan fingerprint density at radius 3 is 1.22 bits per heavy atom. The van der Waals surface area contributed by atoms with E-state index in [1.165, 1.54) is 161 Å². The van der Waals surface area contributed by atoms with Gasteiger partial charge in [0.1, 0.15) is 73.2 Å². The van der Waals surface area contributed by atoms with Gasteiger partial charge in [0, 0.05) is 6.42 Å². The quantitative estimate of drug-likeness (QED) is 0.0213. The molecule has 3 rings (SSSR count). The zero-order chi connectivity index (χ0) is 59.7. The lowest BCUT2D eigenvalue weighted by atomic mass is 9.96. The number of carbonyl (C=O) groups is 1. The molecule has 0 saturated carbocycles. The second kappa shape index (κ2) is 46.4. The summed E-state index contributed by atoms with van der Waals surface area (Å²) in [5.74, 6) is -0.289. The summed E-state index contributed by atoms with van der Waals surface area (Å²) in [5.41, 5.74) is 0. The van der Waals surface area contributed by atoms with Crippen molar-refractivity contribution in [2.75, 3.05) is 26.4 Å². The Balaban J connectivity index is 1.39. The number of amides is 1. The summed E-state index contributed by atoms with van der Waals surface area (Å²) in [6, 6.07) is -0.984. The number of ether oxygens (including phenoxy) is 6. The molecule has 3 aliphatic heterocycles. The summed E-state index contributed by atoms with van der Waals surface area (Å²) in [6.07, 6.45) is 23.6. The fourth-order valence-electron chi connectivity index (χ4n) is 11.1. The first kappa shape index (κ1) is 74.5. The Kier molecular flexibility index (Phi) is 42.2. The van der Waals surface area contributed by atoms with Gasteiger partial charge in [-0.1, -0.05) is 224 Å². The average Bonchev–Trinajstić information content (AvgIpc) is 3.65. The molecule has 0 aromatic heterocycles. The van der Waals surface area contributed by atoms with E-state index in [4.69, 9.17) is 28.4 Å². The lowest BCUT2D eigenvalue weighted by Gasteiger charge is -2.48. The first-order valence-corrected chi connectivity index (χ1v) is 32.6. The number of nitrogens with one attached hydrogen (secondary N) is 1. The van der Waals surface area contributed by atoms with Gasteiger partial charge >= 0.3 is 0 Å². The van der Waals surface area contributed by atoms with Crippen LogP contribution in [0.2, 0.25) is 0 Å². The van der Waals surface area contributed by atoms with Crippen LogP contribution in [0.25, 0.3) is 0 Å². The Morgan fingerprint density at radius 2 is 0.780 bits per heavy atom. The van der Waals surface area contributed by atoms with Gasteiger partial charge in [0.15, 0.2) is 18.9 Å². The largest absolute Gasteiger partial charge is 0.394 e. The van der Waals surface area contributed by atoms with Gasteiger partial charge in [-0.2, -0.15) is 0 Å². The van der Waals surface area contributed by atoms with Crippen molar-refractivity contribution in [3.63, 3.8) is 0 Å². The number of hydrogen-bond acceptors (Lipinski definition) is 18. The van der Waals surface area contributed by atoms with Gasteiger partial charge < -0.3 is 89.9 Å². The molecular weight excluding hydrogens is 1060 g/mol. The van der Waals surface area contributed by atoms with Crippen molar-refractivity contribution in [2.24, 2.45) is 0 Å². The summed E-state index contributed by atoms with van der Waals surface area (Å²) >= 11 is 0. The van der Waals surface area contributed by atoms with Crippen molar-refractivity contribution in [1.29, 1.82) is 0 Å². The Bertz CT molecular complexity index is 1590. The van der Waals surface area contributed by atoms with Crippen LogP contribution >= 0.6 is 0 Å². The summed E-state index contributed by atoms with van der Waals surface area (Å²) in [7, 11) is 0. The monoisotopic (exact) mass is 1180 g/mol. The number of allylic oxidation sites excluding steroid dienone is 3. The van der Waals surface area contributed by atoms with Crippen LogP contribution in [0, 0.1) is 0 Å². The van der Waals surface area contributed by atoms with Crippen molar-refractivity contribution in [1.82, 2.24) is 5.32 Å². The fraction of sp³-hybridized carbons (Fsp3) is 0.921. The van der Waals surface area contributed by atoms with E-state index in [1.54, 1.807) is 6.08 Å². The highest BCUT2D eigenvalue weighted by Gasteiger charge is 2.53. The molecule has 82 heavy (non-hydrogen) atoms. The van der Waals surface area contributed by atoms with Crippen molar-refractivity contribution < 1.29 is 89.4 Å². The minimum absolute atomic E-state index is 0.237. The molecule has 0 aromatic carbocycles. The second-order valence-corrected chi connectivity index (χ2v) is 23.6. The highest BCUT2D eigenvalue weighted by atomic mass is 16.8. The van der Waals surface area contributed by atoms with Gasteiger partial charge in [0.25, 0.3) is 0 Å². The van der Waals surface area contributed by atoms with E-state index in [0.29, 0.717) is 12.8 Å². The summed E-state index contributed by atoms with van der Waals surface area (Å²) in [4.78, 5) is 13.2. The van der Waals surface area contributed by atoms with E-state index >= 15 is 0 Å². The van der Waals surface area contributed by atoms with Crippen molar-refractivity contribution in [3.8, 4) is 0 Å². The van der Waals surface area contributed by atoms with Crippen LogP contribution in [0.4, 0.5) is 0 Å². The Labute approximate surface area is 492 Å². The molecule has 0 radical (unpaired) electrons. The zero-order valence-corrected chi connectivity index (χ0v) is 50.5. The molecule has 3 heterocycles. The molecule has 12 N–H and O–H groups in total. The topological polar surface area (TPSA) is 307 Å². The van der Waals surface area contributed by atoms with E-state index in [1.807, 2.05) is 6.08 Å². The first-order valence-electron chi connectivity index (χ1n) is 32.6. The minimum Gasteiger partial charge on any atom is -0.394 e. The zero-order valence-electron chi connectivity index (χ0n) is 50.5. The van der Waals surface area contributed by atoms with Crippen LogP contribution in [-0.2, 0) is 33.2 Å². The lowest BCUT2D eigenvalue weighted by molar-refractivity contribution is -0.379. The molecular formula is C63H117NO18. The maximum atomic E-state index is 13.2. The molecule has 3 fully saturated rings. The molecule has 0 bridgehead atoms. The Hall–Kier alpha value is -1.73. The van der Waals surface area contributed by atoms with Crippen LogP contribution in [0.3, 0.4) is 0 Å². The highest BCUT2D eigenvalue weighted by Crippen LogP contribution is 2.33. The molecule has 3 aliphatic rings. The number of carbonyl (C=O) groups excluding carboxylic acids is 1. The maximum Gasteiger partial charge on any atom is 0.220 e. The molecule has 17 unspecified atom stereocenters. The SMILES string of the molecule is CCCCCCCCCCCCCCCCCCCCCCCCC/C=C/CC/C=C/C(O)C(COC1OC(CO)C(OC2OC(CO)C(OC3OC(CO)C(O)C(O)C3O)C(O)C2O)C(O)C1O)NC(=O)CCCCCCCCCC. The fourth-order valence-corrected chi connectivity index (χ4v) is 11.1. The number of hydrogen-bond donors (Lipinski definition) is 12. The summed E-state index contributed by atoms with van der Waals surface area (Å²) < 4.78 is 34.2. The standard InChI is InChI=1S/C63H117NO18/c1-3-5-7-9-11-13-14-15-16-17-18-19-20-21-22-23-24-25-26-27-28-29-30-31-32-33-34-36-38-40-47(68)46(64-51(69)41-39-37-35-12-10-8-6-4-2)45-77-61-57(75)54(72)59(49(43-66)79-61)82-63-58(76)55(73)60(50(44-67)80-63)81-62-56(74)53(71)52(70)48(42-65)78-62/h32-33,38,40,46-50,52-63,65-68,70-76H,3-31,34-37,39,41-45H2,1-2H3,(H,64,69)/b33-32+,40-38+. The number of unbranched alkanes of at least 4 members (excludes halogenated alkanes) is 31. The van der Waals surface area contributed by atoms with Gasteiger partial charge in [-0.05, 0) is 32.1 Å². The van der Waals surface area contributed by atoms with Crippen LogP contribution in [0.5, 0.6) is 0 Å². The van der Waals surface area contributed by atoms with E-state index in [2.05, 4.69) is 31.3 Å². The molecule has 3 saturated heterocycles. The third-order valence-electron chi connectivity index (χ3n) is 16.5. The molecule has 0 aliphatic carbocycles. The van der Waals surface area contributed by atoms with E-state index in [9.17, 15) is 61.0 Å². The lowest BCUT2D eigenvalue weighted by Crippen LogP contribution is -2.66.